The molecule has 2 N–H and O–H groups in total. The van der Waals surface area contributed by atoms with Crippen LogP contribution in [0.3, 0.4) is 0 Å². The summed E-state index contributed by atoms with van der Waals surface area (Å²) in [6, 6.07) is 1.92. The Hall–Kier alpha value is -0.220. The Labute approximate surface area is 62.6 Å². The third-order valence-corrected chi connectivity index (χ3v) is 2.11. The van der Waals surface area contributed by atoms with Crippen LogP contribution in [-0.2, 0) is 5.75 Å². The Balaban J connectivity index is 2.61. The molecule has 2 nitrogen and oxygen atoms in total. The van der Waals surface area contributed by atoms with Crippen molar-refractivity contribution in [1.82, 2.24) is 4.37 Å². The quantitative estimate of drug-likeness (QED) is 0.714. The van der Waals surface area contributed by atoms with Crippen LogP contribution in [0, 0.1) is 0 Å². The van der Waals surface area contributed by atoms with Crippen molar-refractivity contribution in [1.29, 1.82) is 0 Å². The Kier molecular flexibility index (Phi) is 2.36. The summed E-state index contributed by atoms with van der Waals surface area (Å²) in [6.07, 6.45) is 2.05. The fourth-order valence-corrected chi connectivity index (χ4v) is 1.60. The predicted molar refractivity (Wildman–Crippen MR) is 43.7 cm³/mol. The lowest BCUT2D eigenvalue weighted by atomic mass is 10.5. The van der Waals surface area contributed by atoms with E-state index in [9.17, 15) is 0 Å². The van der Waals surface area contributed by atoms with Gasteiger partial charge in [0.2, 0.25) is 0 Å². The maximum atomic E-state index is 5.46. The number of aromatic nitrogens is 1. The van der Waals surface area contributed by atoms with Crippen LogP contribution in [0.2, 0.25) is 0 Å². The van der Waals surface area contributed by atoms with Crippen molar-refractivity contribution in [2.75, 3.05) is 12.0 Å². The zero-order valence-corrected chi connectivity index (χ0v) is 6.76. The molecule has 0 saturated heterocycles. The number of thioether (sulfide) groups is 1. The second-order valence-corrected chi connectivity index (χ2v) is 3.36. The van der Waals surface area contributed by atoms with E-state index < -0.39 is 0 Å². The molecule has 4 heteroatoms. The highest BCUT2D eigenvalue weighted by Crippen LogP contribution is 2.14. The lowest BCUT2D eigenvalue weighted by Gasteiger charge is -1.85. The number of nitrogen functional groups attached to an aromatic ring is 1. The molecule has 0 bridgehead atoms. The van der Waals surface area contributed by atoms with E-state index in [0.717, 1.165) is 16.4 Å². The third kappa shape index (κ3) is 1.87. The maximum Gasteiger partial charge on any atom is 0.107 e. The van der Waals surface area contributed by atoms with Crippen molar-refractivity contribution in [2.24, 2.45) is 0 Å². The molecule has 1 heterocycles. The van der Waals surface area contributed by atoms with Crippen LogP contribution in [0.5, 0.6) is 0 Å². The zero-order chi connectivity index (χ0) is 6.69. The largest absolute Gasteiger partial charge is 0.389 e. The van der Waals surface area contributed by atoms with Gasteiger partial charge in [-0.3, -0.25) is 0 Å². The van der Waals surface area contributed by atoms with Crippen molar-refractivity contribution >= 4 is 28.3 Å². The summed E-state index contributed by atoms with van der Waals surface area (Å²) in [7, 11) is 0. The molecule has 0 aliphatic carbocycles. The van der Waals surface area contributed by atoms with Gasteiger partial charge in [-0.1, -0.05) is 0 Å². The lowest BCUT2D eigenvalue weighted by Crippen LogP contribution is -1.77. The van der Waals surface area contributed by atoms with Crippen LogP contribution in [0.25, 0.3) is 0 Å². The maximum absolute atomic E-state index is 5.46. The smallest absolute Gasteiger partial charge is 0.107 e. The van der Waals surface area contributed by atoms with Crippen molar-refractivity contribution in [3.8, 4) is 0 Å². The minimum absolute atomic E-state index is 0.805. The van der Waals surface area contributed by atoms with Gasteiger partial charge in [-0.2, -0.15) is 16.1 Å². The Morgan fingerprint density at radius 2 is 2.67 bits per heavy atom. The summed E-state index contributed by atoms with van der Waals surface area (Å²) >= 11 is 3.12. The summed E-state index contributed by atoms with van der Waals surface area (Å²) < 4.78 is 4.10. The first kappa shape index (κ1) is 6.89. The minimum Gasteiger partial charge on any atom is -0.389 e. The van der Waals surface area contributed by atoms with Gasteiger partial charge in [0.1, 0.15) is 5.00 Å². The highest BCUT2D eigenvalue weighted by atomic mass is 32.2. The summed E-state index contributed by atoms with van der Waals surface area (Å²) in [6.45, 7) is 0. The molecule has 0 spiro atoms. The first-order valence-corrected chi connectivity index (χ1v) is 4.69. The standard InChI is InChI=1S/C5H8N2S2/c1-8-3-4-2-5(6)9-7-4/h2H,3,6H2,1H3. The second-order valence-electron chi connectivity index (χ2n) is 1.65. The van der Waals surface area contributed by atoms with Crippen LogP contribution in [-0.4, -0.2) is 10.6 Å². The van der Waals surface area contributed by atoms with Crippen LogP contribution < -0.4 is 5.73 Å². The molecule has 1 aromatic heterocycles. The molecule has 0 atom stereocenters. The molecule has 0 aromatic carbocycles. The van der Waals surface area contributed by atoms with Crippen LogP contribution in [0.15, 0.2) is 6.07 Å². The van der Waals surface area contributed by atoms with Gasteiger partial charge in [-0.05, 0) is 23.9 Å². The number of hydrogen-bond donors (Lipinski definition) is 1. The second kappa shape index (κ2) is 3.08. The average Bonchev–Trinajstić information content (AvgIpc) is 2.17. The molecule has 0 amide bonds. The zero-order valence-electron chi connectivity index (χ0n) is 5.13. The molecule has 50 valence electrons. The van der Waals surface area contributed by atoms with Crippen LogP contribution >= 0.6 is 23.3 Å². The van der Waals surface area contributed by atoms with Crippen LogP contribution in [0.4, 0.5) is 5.00 Å². The number of hydrogen-bond acceptors (Lipinski definition) is 4. The highest BCUT2D eigenvalue weighted by Gasteiger charge is 1.95. The summed E-state index contributed by atoms with van der Waals surface area (Å²) in [5.74, 6) is 0.966. The monoisotopic (exact) mass is 160 g/mol. The van der Waals surface area contributed by atoms with Gasteiger partial charge in [-0.25, -0.2) is 0 Å². The molecule has 0 aliphatic heterocycles. The van der Waals surface area contributed by atoms with Crippen LogP contribution in [0.1, 0.15) is 5.69 Å². The fraction of sp³-hybridized carbons (Fsp3) is 0.400. The first-order valence-electron chi connectivity index (χ1n) is 2.53. The van der Waals surface area contributed by atoms with Gasteiger partial charge in [0, 0.05) is 5.75 Å². The molecule has 0 radical (unpaired) electrons. The number of nitrogens with zero attached hydrogens (tertiary/aromatic N) is 1. The molecular formula is C5H8N2S2. The molecule has 9 heavy (non-hydrogen) atoms. The van der Waals surface area contributed by atoms with E-state index in [4.69, 9.17) is 5.73 Å². The Morgan fingerprint density at radius 3 is 3.11 bits per heavy atom. The van der Waals surface area contributed by atoms with Crippen molar-refractivity contribution < 1.29 is 0 Å². The van der Waals surface area contributed by atoms with Gasteiger partial charge in [0.25, 0.3) is 0 Å². The number of nitrogens with two attached hydrogens (primary N) is 1. The first-order chi connectivity index (χ1) is 4.33. The Bertz CT molecular complexity index is 185. The summed E-state index contributed by atoms with van der Waals surface area (Å²) in [4.78, 5) is 0. The third-order valence-electron chi connectivity index (χ3n) is 0.869. The van der Waals surface area contributed by atoms with E-state index in [-0.39, 0.29) is 0 Å². The Morgan fingerprint density at radius 1 is 1.89 bits per heavy atom. The van der Waals surface area contributed by atoms with Gasteiger partial charge in [0.15, 0.2) is 0 Å². The van der Waals surface area contributed by atoms with E-state index in [1.54, 1.807) is 11.8 Å². The fourth-order valence-electron chi connectivity index (χ4n) is 0.544. The van der Waals surface area contributed by atoms with Crippen molar-refractivity contribution in [3.05, 3.63) is 11.8 Å². The highest BCUT2D eigenvalue weighted by molar-refractivity contribution is 7.97. The number of anilines is 1. The SMILES string of the molecule is CSCc1cc(N)sn1. The van der Waals surface area contributed by atoms with Gasteiger partial charge in [0.05, 0.1) is 5.69 Å². The van der Waals surface area contributed by atoms with Crippen molar-refractivity contribution in [3.63, 3.8) is 0 Å². The minimum atomic E-state index is 0.805. The molecule has 0 aliphatic rings. The molecule has 0 unspecified atom stereocenters. The van der Waals surface area contributed by atoms with Gasteiger partial charge >= 0.3 is 0 Å². The van der Waals surface area contributed by atoms with Gasteiger partial charge in [-0.15, -0.1) is 0 Å². The summed E-state index contributed by atoms with van der Waals surface area (Å²) in [5, 5.41) is 0.805. The van der Waals surface area contributed by atoms with Crippen molar-refractivity contribution in [2.45, 2.75) is 5.75 Å². The van der Waals surface area contributed by atoms with E-state index in [1.165, 1.54) is 11.5 Å². The summed E-state index contributed by atoms with van der Waals surface area (Å²) in [5.41, 5.74) is 6.54. The van der Waals surface area contributed by atoms with Gasteiger partial charge < -0.3 is 5.73 Å². The predicted octanol–water partition coefficient (Wildman–Crippen LogP) is 1.59. The topological polar surface area (TPSA) is 38.9 Å². The lowest BCUT2D eigenvalue weighted by molar-refractivity contribution is 1.31. The molecule has 0 saturated carbocycles. The molecule has 1 rings (SSSR count). The molecule has 1 aromatic rings. The number of rotatable bonds is 2. The average molecular weight is 160 g/mol. The van der Waals surface area contributed by atoms with E-state index >= 15 is 0 Å². The van der Waals surface area contributed by atoms with E-state index in [2.05, 4.69) is 10.6 Å². The molecular weight excluding hydrogens is 152 g/mol. The normalized spacial score (nSPS) is 9.89. The van der Waals surface area contributed by atoms with E-state index in [0.29, 0.717) is 0 Å². The van der Waals surface area contributed by atoms with E-state index in [1.807, 2.05) is 6.07 Å². The molecule has 0 fully saturated rings.